The third-order valence-corrected chi connectivity index (χ3v) is 2.68. The highest BCUT2D eigenvalue weighted by Crippen LogP contribution is 2.19. The first-order chi connectivity index (χ1) is 7.70. The maximum Gasteiger partial charge on any atom is 0.410 e. The van der Waals surface area contributed by atoms with Gasteiger partial charge in [0, 0.05) is 6.54 Å². The van der Waals surface area contributed by atoms with Crippen LogP contribution in [-0.4, -0.2) is 43.3 Å². The molecule has 1 atom stereocenters. The summed E-state index contributed by atoms with van der Waals surface area (Å²) < 4.78 is 9.72. The molecule has 16 heavy (non-hydrogen) atoms. The Morgan fingerprint density at radius 3 is 2.81 bits per heavy atom. The molecule has 0 radical (unpaired) electrons. The van der Waals surface area contributed by atoms with Gasteiger partial charge in [-0.2, -0.15) is 0 Å². The van der Waals surface area contributed by atoms with Crippen molar-refractivity contribution >= 4 is 12.1 Å². The number of likely N-dealkylation sites (tertiary alicyclic amines) is 1. The lowest BCUT2D eigenvalue weighted by Gasteiger charge is -2.21. The number of carbonyl (C=O) groups is 2. The van der Waals surface area contributed by atoms with Crippen molar-refractivity contribution < 1.29 is 19.1 Å². The first kappa shape index (κ1) is 12.8. The maximum atomic E-state index is 11.6. The van der Waals surface area contributed by atoms with Gasteiger partial charge in [0.1, 0.15) is 6.04 Å². The molecule has 0 N–H and O–H groups in total. The Bertz CT molecular complexity index is 254. The molecule has 1 amide bonds. The van der Waals surface area contributed by atoms with Gasteiger partial charge in [-0.25, -0.2) is 9.59 Å². The van der Waals surface area contributed by atoms with E-state index >= 15 is 0 Å². The average Bonchev–Trinajstić information content (AvgIpc) is 2.77. The fourth-order valence-electron chi connectivity index (χ4n) is 1.75. The van der Waals surface area contributed by atoms with Gasteiger partial charge in [-0.05, 0) is 19.3 Å². The van der Waals surface area contributed by atoms with E-state index in [1.807, 2.05) is 6.92 Å². The van der Waals surface area contributed by atoms with Gasteiger partial charge in [-0.15, -0.1) is 0 Å². The molecule has 0 aromatic carbocycles. The number of esters is 1. The van der Waals surface area contributed by atoms with Crippen LogP contribution in [0.4, 0.5) is 4.79 Å². The van der Waals surface area contributed by atoms with Crippen molar-refractivity contribution in [2.75, 3.05) is 20.3 Å². The summed E-state index contributed by atoms with van der Waals surface area (Å²) >= 11 is 0. The minimum absolute atomic E-state index is 0.357. The number of hydrogen-bond donors (Lipinski definition) is 0. The predicted octanol–water partition coefficient (Wildman–Crippen LogP) is 1.56. The van der Waals surface area contributed by atoms with Gasteiger partial charge < -0.3 is 9.47 Å². The van der Waals surface area contributed by atoms with Crippen LogP contribution < -0.4 is 0 Å². The van der Waals surface area contributed by atoms with Crippen LogP contribution in [-0.2, 0) is 14.3 Å². The van der Waals surface area contributed by atoms with Gasteiger partial charge in [0.25, 0.3) is 0 Å². The van der Waals surface area contributed by atoms with Gasteiger partial charge in [0.05, 0.1) is 13.7 Å². The largest absolute Gasteiger partial charge is 0.467 e. The SMILES string of the molecule is CCCCOC(=O)N1CCC[C@H]1C(=O)OC. The summed E-state index contributed by atoms with van der Waals surface area (Å²) in [5, 5.41) is 0. The fraction of sp³-hybridized carbons (Fsp3) is 0.818. The van der Waals surface area contributed by atoms with E-state index in [2.05, 4.69) is 4.74 Å². The standard InChI is InChI=1S/C11H19NO4/c1-3-4-8-16-11(14)12-7-5-6-9(12)10(13)15-2/h9H,3-8H2,1-2H3/t9-/m0/s1. The molecule has 1 heterocycles. The molecule has 0 aromatic heterocycles. The number of ether oxygens (including phenoxy) is 2. The summed E-state index contributed by atoms with van der Waals surface area (Å²) in [4.78, 5) is 24.5. The highest BCUT2D eigenvalue weighted by atomic mass is 16.6. The minimum atomic E-state index is -0.459. The minimum Gasteiger partial charge on any atom is -0.467 e. The van der Waals surface area contributed by atoms with Gasteiger partial charge in [-0.3, -0.25) is 4.90 Å². The number of carbonyl (C=O) groups excluding carboxylic acids is 2. The van der Waals surface area contributed by atoms with E-state index in [1.54, 1.807) is 0 Å². The van der Waals surface area contributed by atoms with Gasteiger partial charge in [-0.1, -0.05) is 13.3 Å². The molecule has 0 spiro atoms. The summed E-state index contributed by atoms with van der Waals surface area (Å²) in [6.07, 6.45) is 2.91. The molecule has 5 nitrogen and oxygen atoms in total. The van der Waals surface area contributed by atoms with Crippen LogP contribution in [0.3, 0.4) is 0 Å². The molecule has 1 saturated heterocycles. The lowest BCUT2D eigenvalue weighted by Crippen LogP contribution is -2.41. The highest BCUT2D eigenvalue weighted by molar-refractivity contribution is 5.81. The van der Waals surface area contributed by atoms with Crippen LogP contribution in [0.1, 0.15) is 32.6 Å². The van der Waals surface area contributed by atoms with Crippen molar-refractivity contribution in [2.45, 2.75) is 38.6 Å². The molecule has 1 aliphatic heterocycles. The van der Waals surface area contributed by atoms with Crippen LogP contribution in [0.25, 0.3) is 0 Å². The zero-order valence-corrected chi connectivity index (χ0v) is 9.90. The smallest absolute Gasteiger partial charge is 0.410 e. The zero-order valence-electron chi connectivity index (χ0n) is 9.90. The van der Waals surface area contributed by atoms with Crippen molar-refractivity contribution in [2.24, 2.45) is 0 Å². The summed E-state index contributed by atoms with van der Waals surface area (Å²) in [7, 11) is 1.33. The molecule has 1 rings (SSSR count). The fourth-order valence-corrected chi connectivity index (χ4v) is 1.75. The third kappa shape index (κ3) is 3.12. The van der Waals surface area contributed by atoms with Crippen LogP contribution in [0.5, 0.6) is 0 Å². The van der Waals surface area contributed by atoms with Crippen LogP contribution in [0, 0.1) is 0 Å². The molecule has 5 heteroatoms. The Morgan fingerprint density at radius 1 is 1.44 bits per heavy atom. The number of unbranched alkanes of at least 4 members (excludes halogenated alkanes) is 1. The first-order valence-electron chi connectivity index (χ1n) is 5.72. The second-order valence-electron chi connectivity index (χ2n) is 3.84. The van der Waals surface area contributed by atoms with E-state index in [1.165, 1.54) is 12.0 Å². The Hall–Kier alpha value is -1.26. The Labute approximate surface area is 95.7 Å². The van der Waals surface area contributed by atoms with Crippen molar-refractivity contribution in [1.29, 1.82) is 0 Å². The van der Waals surface area contributed by atoms with E-state index in [-0.39, 0.29) is 5.97 Å². The van der Waals surface area contributed by atoms with Crippen LogP contribution in [0.15, 0.2) is 0 Å². The second kappa shape index (κ2) is 6.35. The quantitative estimate of drug-likeness (QED) is 0.542. The summed E-state index contributed by atoms with van der Waals surface area (Å²) in [5.74, 6) is -0.357. The monoisotopic (exact) mass is 229 g/mol. The molecule has 0 saturated carbocycles. The number of amides is 1. The molecule has 1 aliphatic rings. The highest BCUT2D eigenvalue weighted by Gasteiger charge is 2.35. The van der Waals surface area contributed by atoms with Gasteiger partial charge >= 0.3 is 12.1 Å². The predicted molar refractivity (Wildman–Crippen MR) is 58.0 cm³/mol. The van der Waals surface area contributed by atoms with Crippen molar-refractivity contribution in [3.63, 3.8) is 0 Å². The normalized spacial score (nSPS) is 19.6. The summed E-state index contributed by atoms with van der Waals surface area (Å²) in [6.45, 7) is 3.02. The van der Waals surface area contributed by atoms with Crippen molar-refractivity contribution in [3.05, 3.63) is 0 Å². The van der Waals surface area contributed by atoms with E-state index in [4.69, 9.17) is 4.74 Å². The molecule has 1 fully saturated rings. The Balaban J connectivity index is 2.44. The summed E-state index contributed by atoms with van der Waals surface area (Å²) in [6, 6.07) is -0.459. The lowest BCUT2D eigenvalue weighted by molar-refractivity contribution is -0.145. The third-order valence-electron chi connectivity index (χ3n) is 2.68. The Kier molecular flexibility index (Phi) is 5.08. The van der Waals surface area contributed by atoms with Gasteiger partial charge in [0.2, 0.25) is 0 Å². The lowest BCUT2D eigenvalue weighted by atomic mass is 10.2. The summed E-state index contributed by atoms with van der Waals surface area (Å²) in [5.41, 5.74) is 0. The first-order valence-corrected chi connectivity index (χ1v) is 5.72. The molecular weight excluding hydrogens is 210 g/mol. The van der Waals surface area contributed by atoms with E-state index in [0.29, 0.717) is 19.6 Å². The van der Waals surface area contributed by atoms with Gasteiger partial charge in [0.15, 0.2) is 0 Å². The number of nitrogens with zero attached hydrogens (tertiary/aromatic N) is 1. The number of methoxy groups -OCH3 is 1. The molecule has 92 valence electrons. The molecular formula is C11H19NO4. The van der Waals surface area contributed by atoms with Crippen molar-refractivity contribution in [3.8, 4) is 0 Å². The van der Waals surface area contributed by atoms with Crippen LogP contribution >= 0.6 is 0 Å². The zero-order chi connectivity index (χ0) is 12.0. The molecule has 0 bridgehead atoms. The molecule has 0 aromatic rings. The molecule has 0 unspecified atom stereocenters. The topological polar surface area (TPSA) is 55.8 Å². The maximum absolute atomic E-state index is 11.6. The van der Waals surface area contributed by atoms with E-state index in [9.17, 15) is 9.59 Å². The number of hydrogen-bond acceptors (Lipinski definition) is 4. The molecule has 0 aliphatic carbocycles. The van der Waals surface area contributed by atoms with E-state index < -0.39 is 12.1 Å². The van der Waals surface area contributed by atoms with Crippen molar-refractivity contribution in [1.82, 2.24) is 4.90 Å². The Morgan fingerprint density at radius 2 is 2.19 bits per heavy atom. The van der Waals surface area contributed by atoms with E-state index in [0.717, 1.165) is 19.3 Å². The number of rotatable bonds is 4. The second-order valence-corrected chi connectivity index (χ2v) is 3.84. The average molecular weight is 229 g/mol. The van der Waals surface area contributed by atoms with Crippen LogP contribution in [0.2, 0.25) is 0 Å².